The number of rotatable bonds is 9. The van der Waals surface area contributed by atoms with Gasteiger partial charge in [0.25, 0.3) is 5.69 Å². The van der Waals surface area contributed by atoms with Gasteiger partial charge in [-0.15, -0.1) is 0 Å². The van der Waals surface area contributed by atoms with Crippen LogP contribution in [0.5, 0.6) is 0 Å². The van der Waals surface area contributed by atoms with E-state index in [9.17, 15) is 24.1 Å². The third-order valence-electron chi connectivity index (χ3n) is 6.37. The highest BCUT2D eigenvalue weighted by Gasteiger charge is 2.38. The first-order valence-electron chi connectivity index (χ1n) is 12.3. The number of esters is 2. The van der Waals surface area contributed by atoms with Crippen molar-refractivity contribution in [2.75, 3.05) is 13.7 Å². The molecule has 1 aliphatic heterocycles. The number of imidazole rings is 1. The fourth-order valence-electron chi connectivity index (χ4n) is 4.54. The molecule has 40 heavy (non-hydrogen) atoms. The van der Waals surface area contributed by atoms with Gasteiger partial charge in [0.15, 0.2) is 0 Å². The molecule has 1 N–H and O–H groups in total. The summed E-state index contributed by atoms with van der Waals surface area (Å²) >= 11 is 0. The quantitative estimate of drug-likeness (QED) is 0.230. The van der Waals surface area contributed by atoms with Gasteiger partial charge >= 0.3 is 11.9 Å². The van der Waals surface area contributed by atoms with Gasteiger partial charge in [0.2, 0.25) is 0 Å². The summed E-state index contributed by atoms with van der Waals surface area (Å²) in [4.78, 5) is 40.9. The lowest BCUT2D eigenvalue weighted by Gasteiger charge is -2.30. The van der Waals surface area contributed by atoms with Crippen LogP contribution in [0.3, 0.4) is 0 Å². The molecule has 0 saturated carbocycles. The van der Waals surface area contributed by atoms with Crippen molar-refractivity contribution in [1.29, 1.82) is 0 Å². The first-order valence-corrected chi connectivity index (χ1v) is 12.3. The van der Waals surface area contributed by atoms with Gasteiger partial charge in [0.1, 0.15) is 12.4 Å². The lowest BCUT2D eigenvalue weighted by molar-refractivity contribution is -0.384. The molecule has 1 atom stereocenters. The lowest BCUT2D eigenvalue weighted by Crippen LogP contribution is -2.32. The molecule has 0 aliphatic carbocycles. The van der Waals surface area contributed by atoms with E-state index in [0.717, 1.165) is 5.56 Å². The number of dihydropyridines is 1. The SMILES string of the molecule is COC(=O)C1=C(C)NC(C)=C(C(=O)OC/C(F)=C/c2ccc(Cn3ccnc3)cc2)C1c1cccc([N+](=O)[O-])c1. The number of hydrogen-bond acceptors (Lipinski definition) is 8. The molecule has 0 amide bonds. The highest BCUT2D eigenvalue weighted by molar-refractivity contribution is 6.00. The van der Waals surface area contributed by atoms with E-state index in [-0.39, 0.29) is 16.8 Å². The van der Waals surface area contributed by atoms with Crippen LogP contribution in [0.15, 0.2) is 95.6 Å². The highest BCUT2D eigenvalue weighted by Crippen LogP contribution is 2.40. The Hall–Kier alpha value is -5.06. The van der Waals surface area contributed by atoms with E-state index in [1.54, 1.807) is 44.6 Å². The summed E-state index contributed by atoms with van der Waals surface area (Å²) in [5, 5.41) is 14.4. The topological polar surface area (TPSA) is 126 Å². The van der Waals surface area contributed by atoms with E-state index in [0.29, 0.717) is 29.1 Å². The lowest BCUT2D eigenvalue weighted by atomic mass is 9.80. The van der Waals surface area contributed by atoms with Crippen LogP contribution in [0.1, 0.15) is 36.5 Å². The molecule has 0 radical (unpaired) electrons. The first kappa shape index (κ1) is 28.0. The van der Waals surface area contributed by atoms with Gasteiger partial charge in [-0.2, -0.15) is 0 Å². The largest absolute Gasteiger partial charge is 0.466 e. The summed E-state index contributed by atoms with van der Waals surface area (Å²) in [5.41, 5.74) is 2.58. The third kappa shape index (κ3) is 6.32. The number of allylic oxidation sites excluding steroid dienone is 2. The fraction of sp³-hybridized carbons (Fsp3) is 0.207. The zero-order valence-corrected chi connectivity index (χ0v) is 22.1. The number of nitro groups is 1. The number of nitrogens with one attached hydrogen (secondary N) is 1. The minimum atomic E-state index is -1.03. The van der Waals surface area contributed by atoms with Crippen molar-refractivity contribution in [1.82, 2.24) is 14.9 Å². The average molecular weight is 547 g/mol. The van der Waals surface area contributed by atoms with E-state index >= 15 is 0 Å². The Morgan fingerprint density at radius 1 is 1.12 bits per heavy atom. The minimum Gasteiger partial charge on any atom is -0.466 e. The average Bonchev–Trinajstić information content (AvgIpc) is 3.45. The van der Waals surface area contributed by atoms with Crippen LogP contribution < -0.4 is 5.32 Å². The second-order valence-electron chi connectivity index (χ2n) is 9.12. The Bertz CT molecular complexity index is 1520. The standard InChI is InChI=1S/C29H27FN4O6/c1-18-25(28(35)39-3)27(22-5-4-6-24(14-22)34(37)38)26(19(2)32-18)29(36)40-16-23(30)13-20-7-9-21(10-8-20)15-33-12-11-31-17-33/h4-14,17,27,32H,15-16H2,1-3H3/b23-13-. The van der Waals surface area contributed by atoms with Gasteiger partial charge in [-0.25, -0.2) is 19.0 Å². The number of carbonyl (C=O) groups is 2. The van der Waals surface area contributed by atoms with Crippen LogP contribution in [0.2, 0.25) is 0 Å². The predicted octanol–water partition coefficient (Wildman–Crippen LogP) is 4.80. The van der Waals surface area contributed by atoms with E-state index in [1.165, 1.54) is 31.4 Å². The van der Waals surface area contributed by atoms with Crippen molar-refractivity contribution in [3.05, 3.63) is 122 Å². The summed E-state index contributed by atoms with van der Waals surface area (Å²) in [6, 6.07) is 12.8. The Morgan fingerprint density at radius 3 is 2.45 bits per heavy atom. The molecule has 206 valence electrons. The zero-order chi connectivity index (χ0) is 28.8. The fourth-order valence-corrected chi connectivity index (χ4v) is 4.54. The first-order chi connectivity index (χ1) is 19.2. The number of non-ortho nitro benzene ring substituents is 1. The van der Waals surface area contributed by atoms with E-state index in [2.05, 4.69) is 10.3 Å². The van der Waals surface area contributed by atoms with Gasteiger partial charge in [-0.05, 0) is 36.6 Å². The molecule has 1 unspecified atom stereocenters. The van der Waals surface area contributed by atoms with Crippen LogP contribution >= 0.6 is 0 Å². The van der Waals surface area contributed by atoms with Gasteiger partial charge in [-0.3, -0.25) is 10.1 Å². The second-order valence-corrected chi connectivity index (χ2v) is 9.12. The molecule has 0 bridgehead atoms. The Labute approximate surface area is 229 Å². The molecule has 0 saturated heterocycles. The number of nitrogens with zero attached hydrogens (tertiary/aromatic N) is 3. The highest BCUT2D eigenvalue weighted by atomic mass is 19.1. The number of carbonyl (C=O) groups excluding carboxylic acids is 2. The smallest absolute Gasteiger partial charge is 0.337 e. The van der Waals surface area contributed by atoms with E-state index in [4.69, 9.17) is 9.47 Å². The minimum absolute atomic E-state index is 0.0168. The zero-order valence-electron chi connectivity index (χ0n) is 22.1. The summed E-state index contributed by atoms with van der Waals surface area (Å²) in [6.07, 6.45) is 6.50. The number of ether oxygens (including phenoxy) is 2. The Balaban J connectivity index is 1.54. The maximum absolute atomic E-state index is 14.8. The van der Waals surface area contributed by atoms with E-state index < -0.39 is 35.2 Å². The molecule has 2 heterocycles. The number of halogens is 1. The molecule has 1 aliphatic rings. The van der Waals surface area contributed by atoms with Gasteiger partial charge in [-0.1, -0.05) is 36.4 Å². The molecular formula is C29H27FN4O6. The monoisotopic (exact) mass is 546 g/mol. The Morgan fingerprint density at radius 2 is 1.82 bits per heavy atom. The molecular weight excluding hydrogens is 519 g/mol. The predicted molar refractivity (Wildman–Crippen MR) is 144 cm³/mol. The van der Waals surface area contributed by atoms with Gasteiger partial charge in [0.05, 0.1) is 35.4 Å². The number of aromatic nitrogens is 2. The van der Waals surface area contributed by atoms with Crippen molar-refractivity contribution >= 4 is 23.7 Å². The maximum Gasteiger partial charge on any atom is 0.337 e. The van der Waals surface area contributed by atoms with Crippen LogP contribution in [0.25, 0.3) is 6.08 Å². The van der Waals surface area contributed by atoms with Crippen LogP contribution in [0.4, 0.5) is 10.1 Å². The summed E-state index contributed by atoms with van der Waals surface area (Å²) < 4.78 is 26.9. The molecule has 2 aromatic carbocycles. The molecule has 1 aromatic heterocycles. The summed E-state index contributed by atoms with van der Waals surface area (Å²) in [5.74, 6) is -3.32. The van der Waals surface area contributed by atoms with Crippen LogP contribution in [-0.4, -0.2) is 40.1 Å². The number of hydrogen-bond donors (Lipinski definition) is 1. The van der Waals surface area contributed by atoms with Crippen molar-refractivity contribution < 1.29 is 28.4 Å². The molecule has 0 fully saturated rings. The van der Waals surface area contributed by atoms with Crippen molar-refractivity contribution in [2.45, 2.75) is 26.3 Å². The van der Waals surface area contributed by atoms with Crippen LogP contribution in [0, 0.1) is 10.1 Å². The molecule has 3 aromatic rings. The van der Waals surface area contributed by atoms with Crippen molar-refractivity contribution in [3.8, 4) is 0 Å². The normalized spacial score (nSPS) is 15.5. The molecule has 10 nitrogen and oxygen atoms in total. The number of methoxy groups -OCH3 is 1. The van der Waals surface area contributed by atoms with E-state index in [1.807, 2.05) is 22.9 Å². The maximum atomic E-state index is 14.8. The van der Waals surface area contributed by atoms with Crippen molar-refractivity contribution in [2.24, 2.45) is 0 Å². The van der Waals surface area contributed by atoms with Crippen LogP contribution in [-0.2, 0) is 25.6 Å². The third-order valence-corrected chi connectivity index (χ3v) is 6.37. The molecule has 11 heteroatoms. The Kier molecular flexibility index (Phi) is 8.53. The van der Waals surface area contributed by atoms with Crippen molar-refractivity contribution in [3.63, 3.8) is 0 Å². The molecule has 0 spiro atoms. The summed E-state index contributed by atoms with van der Waals surface area (Å²) in [7, 11) is 1.20. The second kappa shape index (κ2) is 12.2. The van der Waals surface area contributed by atoms with Gasteiger partial charge in [0, 0.05) is 42.5 Å². The molecule has 4 rings (SSSR count). The number of nitro benzene ring substituents is 1. The summed E-state index contributed by atoms with van der Waals surface area (Å²) in [6.45, 7) is 3.21. The number of benzene rings is 2. The van der Waals surface area contributed by atoms with Gasteiger partial charge < -0.3 is 19.4 Å².